The molecule has 0 aliphatic carbocycles. The molecule has 0 fully saturated rings. The van der Waals surface area contributed by atoms with E-state index in [4.69, 9.17) is 10.9 Å². The SMILES string of the molecule is N/C(=N/O)c1ccc(Br)cc1Sc1ncn[nH]1. The summed E-state index contributed by atoms with van der Waals surface area (Å²) in [6.45, 7) is 0. The number of amidine groups is 1. The van der Waals surface area contributed by atoms with Gasteiger partial charge in [0.1, 0.15) is 6.33 Å². The standard InChI is InChI=1S/C9H8BrN5OS/c10-5-1-2-6(8(11)15-16)7(3-5)17-9-12-4-13-14-9/h1-4,16H,(H2,11,15)(H,12,13,14). The maximum absolute atomic E-state index is 8.71. The monoisotopic (exact) mass is 313 g/mol. The van der Waals surface area contributed by atoms with Crippen molar-refractivity contribution in [1.82, 2.24) is 15.2 Å². The second-order valence-corrected chi connectivity index (χ2v) is 4.96. The first-order chi connectivity index (χ1) is 8.20. The Morgan fingerprint density at radius 2 is 2.35 bits per heavy atom. The topological polar surface area (TPSA) is 100 Å². The van der Waals surface area contributed by atoms with E-state index >= 15 is 0 Å². The molecule has 0 saturated carbocycles. The second kappa shape index (κ2) is 5.19. The van der Waals surface area contributed by atoms with Crippen LogP contribution in [0.2, 0.25) is 0 Å². The van der Waals surface area contributed by atoms with Crippen molar-refractivity contribution in [3.05, 3.63) is 34.6 Å². The van der Waals surface area contributed by atoms with E-state index in [0.29, 0.717) is 10.7 Å². The van der Waals surface area contributed by atoms with Crippen LogP contribution in [0.25, 0.3) is 0 Å². The lowest BCUT2D eigenvalue weighted by Gasteiger charge is -2.06. The summed E-state index contributed by atoms with van der Waals surface area (Å²) >= 11 is 4.72. The summed E-state index contributed by atoms with van der Waals surface area (Å²) in [5.74, 6) is 0.0551. The Hall–Kier alpha value is -1.54. The summed E-state index contributed by atoms with van der Waals surface area (Å²) in [6.07, 6.45) is 1.42. The summed E-state index contributed by atoms with van der Waals surface area (Å²) in [7, 11) is 0. The molecular formula is C9H8BrN5OS. The van der Waals surface area contributed by atoms with Crippen molar-refractivity contribution < 1.29 is 5.21 Å². The van der Waals surface area contributed by atoms with Gasteiger partial charge in [0.25, 0.3) is 0 Å². The largest absolute Gasteiger partial charge is 0.409 e. The minimum absolute atomic E-state index is 0.0551. The molecule has 1 aromatic carbocycles. The minimum atomic E-state index is 0.0551. The highest BCUT2D eigenvalue weighted by molar-refractivity contribution is 9.10. The van der Waals surface area contributed by atoms with E-state index < -0.39 is 0 Å². The van der Waals surface area contributed by atoms with E-state index in [0.717, 1.165) is 9.37 Å². The second-order valence-electron chi connectivity index (χ2n) is 3.02. The van der Waals surface area contributed by atoms with Gasteiger partial charge in [0.15, 0.2) is 11.0 Å². The van der Waals surface area contributed by atoms with Gasteiger partial charge in [0.05, 0.1) is 0 Å². The predicted molar refractivity (Wildman–Crippen MR) is 67.2 cm³/mol. The molecule has 1 aromatic heterocycles. The van der Waals surface area contributed by atoms with E-state index in [1.807, 2.05) is 12.1 Å². The number of halogens is 1. The van der Waals surface area contributed by atoms with Crippen LogP contribution in [0.15, 0.2) is 44.2 Å². The lowest BCUT2D eigenvalue weighted by molar-refractivity contribution is 0.318. The van der Waals surface area contributed by atoms with Crippen molar-refractivity contribution in [3.8, 4) is 0 Å². The van der Waals surface area contributed by atoms with Gasteiger partial charge in [0, 0.05) is 14.9 Å². The number of oxime groups is 1. The summed E-state index contributed by atoms with van der Waals surface area (Å²) in [5, 5.41) is 18.8. The molecule has 0 atom stereocenters. The fourth-order valence-corrected chi connectivity index (χ4v) is 2.58. The van der Waals surface area contributed by atoms with Gasteiger partial charge in [-0.05, 0) is 30.0 Å². The van der Waals surface area contributed by atoms with Crippen LogP contribution in [0, 0.1) is 0 Å². The number of nitrogens with zero attached hydrogens (tertiary/aromatic N) is 3. The maximum atomic E-state index is 8.71. The van der Waals surface area contributed by atoms with E-state index in [2.05, 4.69) is 36.3 Å². The number of aromatic amines is 1. The van der Waals surface area contributed by atoms with Crippen LogP contribution in [0.3, 0.4) is 0 Å². The Kier molecular flexibility index (Phi) is 3.64. The fraction of sp³-hybridized carbons (Fsp3) is 0. The van der Waals surface area contributed by atoms with Crippen molar-refractivity contribution in [2.45, 2.75) is 10.1 Å². The Balaban J connectivity index is 2.40. The first-order valence-electron chi connectivity index (χ1n) is 4.51. The number of hydrogen-bond acceptors (Lipinski definition) is 5. The Morgan fingerprint density at radius 3 is 3.00 bits per heavy atom. The fourth-order valence-electron chi connectivity index (χ4n) is 1.19. The zero-order valence-corrected chi connectivity index (χ0v) is 10.9. The summed E-state index contributed by atoms with van der Waals surface area (Å²) in [4.78, 5) is 4.82. The molecule has 88 valence electrons. The number of H-pyrrole nitrogens is 1. The lowest BCUT2D eigenvalue weighted by Crippen LogP contribution is -2.14. The zero-order valence-electron chi connectivity index (χ0n) is 8.46. The number of benzene rings is 1. The van der Waals surface area contributed by atoms with E-state index in [1.165, 1.54) is 18.1 Å². The quantitative estimate of drug-likeness (QED) is 0.347. The highest BCUT2D eigenvalue weighted by Crippen LogP contribution is 2.30. The number of rotatable bonds is 3. The summed E-state index contributed by atoms with van der Waals surface area (Å²) in [5.41, 5.74) is 6.24. The molecule has 8 heteroatoms. The molecule has 2 aromatic rings. The summed E-state index contributed by atoms with van der Waals surface area (Å²) < 4.78 is 0.897. The van der Waals surface area contributed by atoms with Crippen LogP contribution in [-0.2, 0) is 0 Å². The number of nitrogens with one attached hydrogen (secondary N) is 1. The zero-order chi connectivity index (χ0) is 12.3. The van der Waals surface area contributed by atoms with Crippen LogP contribution in [-0.4, -0.2) is 26.2 Å². The van der Waals surface area contributed by atoms with Crippen molar-refractivity contribution in [1.29, 1.82) is 0 Å². The minimum Gasteiger partial charge on any atom is -0.409 e. The molecule has 0 saturated heterocycles. The highest BCUT2D eigenvalue weighted by atomic mass is 79.9. The van der Waals surface area contributed by atoms with Crippen LogP contribution >= 0.6 is 27.7 Å². The first-order valence-corrected chi connectivity index (χ1v) is 6.12. The Labute approximate surface area is 109 Å². The van der Waals surface area contributed by atoms with Gasteiger partial charge in [-0.25, -0.2) is 4.98 Å². The molecule has 0 amide bonds. The van der Waals surface area contributed by atoms with E-state index in [-0.39, 0.29) is 5.84 Å². The maximum Gasteiger partial charge on any atom is 0.188 e. The molecule has 0 aliphatic heterocycles. The molecule has 1 heterocycles. The average molecular weight is 314 g/mol. The molecule has 2 rings (SSSR count). The van der Waals surface area contributed by atoms with Gasteiger partial charge in [0.2, 0.25) is 0 Å². The number of hydrogen-bond donors (Lipinski definition) is 3. The molecule has 6 nitrogen and oxygen atoms in total. The van der Waals surface area contributed by atoms with Crippen LogP contribution in [0.1, 0.15) is 5.56 Å². The van der Waals surface area contributed by atoms with Gasteiger partial charge < -0.3 is 10.9 Å². The number of nitrogens with two attached hydrogens (primary N) is 1. The first kappa shape index (κ1) is 11.9. The molecule has 0 aliphatic rings. The van der Waals surface area contributed by atoms with Gasteiger partial charge in [-0.1, -0.05) is 21.1 Å². The third-order valence-electron chi connectivity index (χ3n) is 1.93. The van der Waals surface area contributed by atoms with Gasteiger partial charge >= 0.3 is 0 Å². The highest BCUT2D eigenvalue weighted by Gasteiger charge is 2.10. The molecule has 17 heavy (non-hydrogen) atoms. The van der Waals surface area contributed by atoms with E-state index in [9.17, 15) is 0 Å². The molecule has 0 unspecified atom stereocenters. The van der Waals surface area contributed by atoms with Crippen molar-refractivity contribution in [3.63, 3.8) is 0 Å². The summed E-state index contributed by atoms with van der Waals surface area (Å²) in [6, 6.07) is 5.44. The van der Waals surface area contributed by atoms with Crippen molar-refractivity contribution in [2.24, 2.45) is 10.9 Å². The van der Waals surface area contributed by atoms with Crippen LogP contribution < -0.4 is 5.73 Å². The third-order valence-corrected chi connectivity index (χ3v) is 3.37. The Morgan fingerprint density at radius 1 is 1.53 bits per heavy atom. The van der Waals surface area contributed by atoms with Crippen LogP contribution in [0.4, 0.5) is 0 Å². The number of aromatic nitrogens is 3. The third kappa shape index (κ3) is 2.77. The van der Waals surface area contributed by atoms with Crippen LogP contribution in [0.5, 0.6) is 0 Å². The lowest BCUT2D eigenvalue weighted by atomic mass is 10.2. The molecule has 0 radical (unpaired) electrons. The molecule has 0 spiro atoms. The average Bonchev–Trinajstić information content (AvgIpc) is 2.81. The van der Waals surface area contributed by atoms with E-state index in [1.54, 1.807) is 6.07 Å². The van der Waals surface area contributed by atoms with Crippen molar-refractivity contribution >= 4 is 33.5 Å². The Bertz CT molecular complexity index is 542. The molecular weight excluding hydrogens is 306 g/mol. The van der Waals surface area contributed by atoms with Gasteiger partial charge in [-0.3, -0.25) is 5.10 Å². The van der Waals surface area contributed by atoms with Gasteiger partial charge in [-0.15, -0.1) is 0 Å². The molecule has 4 N–H and O–H groups in total. The predicted octanol–water partition coefficient (Wildman–Crippen LogP) is 1.81. The van der Waals surface area contributed by atoms with Gasteiger partial charge in [-0.2, -0.15) is 5.10 Å². The smallest absolute Gasteiger partial charge is 0.188 e. The van der Waals surface area contributed by atoms with Crippen molar-refractivity contribution in [2.75, 3.05) is 0 Å². The molecule has 0 bridgehead atoms. The normalized spacial score (nSPS) is 11.7.